The second-order valence-corrected chi connectivity index (χ2v) is 5.03. The standard InChI is InChI=1S/C12H17N3O/c1-7-10-4-15(5-11(7)10)12-13-3-9(6-16)8(2)14-12/h3,7,10-11,16H,4-6H2,1-2H3/t7-,10+,11-. The van der Waals surface area contributed by atoms with Crippen LogP contribution in [0.3, 0.4) is 0 Å². The molecule has 4 heteroatoms. The van der Waals surface area contributed by atoms with Crippen LogP contribution in [0.15, 0.2) is 6.20 Å². The van der Waals surface area contributed by atoms with Crippen LogP contribution in [0.1, 0.15) is 18.2 Å². The fourth-order valence-corrected chi connectivity index (χ4v) is 2.77. The number of hydrogen-bond acceptors (Lipinski definition) is 4. The lowest BCUT2D eigenvalue weighted by Crippen LogP contribution is -2.25. The summed E-state index contributed by atoms with van der Waals surface area (Å²) in [6.45, 7) is 6.48. The van der Waals surface area contributed by atoms with Crippen molar-refractivity contribution >= 4 is 5.95 Å². The average Bonchev–Trinajstić information content (AvgIpc) is 2.75. The van der Waals surface area contributed by atoms with Crippen molar-refractivity contribution in [3.63, 3.8) is 0 Å². The second kappa shape index (κ2) is 3.42. The van der Waals surface area contributed by atoms with Crippen LogP contribution in [0.4, 0.5) is 5.95 Å². The second-order valence-electron chi connectivity index (χ2n) is 5.03. The third kappa shape index (κ3) is 1.40. The molecule has 16 heavy (non-hydrogen) atoms. The first kappa shape index (κ1) is 10.0. The Morgan fingerprint density at radius 1 is 1.44 bits per heavy atom. The fraction of sp³-hybridized carbons (Fsp3) is 0.667. The molecule has 1 saturated heterocycles. The Kier molecular flexibility index (Phi) is 2.14. The lowest BCUT2D eigenvalue weighted by molar-refractivity contribution is 0.280. The molecule has 1 N–H and O–H groups in total. The van der Waals surface area contributed by atoms with Crippen LogP contribution in [0, 0.1) is 24.7 Å². The van der Waals surface area contributed by atoms with E-state index in [9.17, 15) is 0 Å². The van der Waals surface area contributed by atoms with Gasteiger partial charge in [-0.05, 0) is 24.7 Å². The minimum atomic E-state index is 0.0222. The predicted molar refractivity (Wildman–Crippen MR) is 61.0 cm³/mol. The number of fused-ring (bicyclic) bond motifs is 1. The number of aliphatic hydroxyl groups excluding tert-OH is 1. The van der Waals surface area contributed by atoms with Crippen LogP contribution in [0.5, 0.6) is 0 Å². The SMILES string of the molecule is Cc1nc(N2C[C@@H]3[C@H](C)[C@@H]3C2)ncc1CO. The molecule has 1 aliphatic heterocycles. The molecule has 0 radical (unpaired) electrons. The van der Waals surface area contributed by atoms with E-state index in [1.165, 1.54) is 0 Å². The Balaban J connectivity index is 1.78. The summed E-state index contributed by atoms with van der Waals surface area (Å²) in [7, 11) is 0. The van der Waals surface area contributed by atoms with Gasteiger partial charge in [0.1, 0.15) is 0 Å². The molecule has 2 aliphatic rings. The lowest BCUT2D eigenvalue weighted by atomic mass is 10.2. The molecule has 3 rings (SSSR count). The van der Waals surface area contributed by atoms with Gasteiger partial charge in [0.25, 0.3) is 0 Å². The van der Waals surface area contributed by atoms with Crippen molar-refractivity contribution in [3.05, 3.63) is 17.5 Å². The van der Waals surface area contributed by atoms with E-state index in [0.29, 0.717) is 0 Å². The van der Waals surface area contributed by atoms with Crippen LogP contribution in [0.2, 0.25) is 0 Å². The molecule has 0 bridgehead atoms. The molecule has 1 aromatic rings. The van der Waals surface area contributed by atoms with E-state index in [1.807, 2.05) is 6.92 Å². The Hall–Kier alpha value is -1.16. The van der Waals surface area contributed by atoms with E-state index < -0.39 is 0 Å². The van der Waals surface area contributed by atoms with Gasteiger partial charge in [-0.1, -0.05) is 6.92 Å². The summed E-state index contributed by atoms with van der Waals surface area (Å²) in [4.78, 5) is 11.1. The van der Waals surface area contributed by atoms with Crippen LogP contribution >= 0.6 is 0 Å². The zero-order valence-corrected chi connectivity index (χ0v) is 9.72. The lowest BCUT2D eigenvalue weighted by Gasteiger charge is -2.19. The minimum Gasteiger partial charge on any atom is -0.392 e. The molecular weight excluding hydrogens is 202 g/mol. The van der Waals surface area contributed by atoms with Gasteiger partial charge in [0, 0.05) is 30.5 Å². The number of aliphatic hydroxyl groups is 1. The van der Waals surface area contributed by atoms with E-state index in [1.54, 1.807) is 6.20 Å². The molecule has 2 heterocycles. The summed E-state index contributed by atoms with van der Waals surface area (Å²) < 4.78 is 0. The minimum absolute atomic E-state index is 0.0222. The summed E-state index contributed by atoms with van der Waals surface area (Å²) in [5, 5.41) is 9.06. The highest BCUT2D eigenvalue weighted by Gasteiger charge is 2.53. The van der Waals surface area contributed by atoms with Gasteiger partial charge in [-0.15, -0.1) is 0 Å². The molecule has 2 fully saturated rings. The Bertz CT molecular complexity index is 409. The quantitative estimate of drug-likeness (QED) is 0.805. The number of rotatable bonds is 2. The van der Waals surface area contributed by atoms with Gasteiger partial charge in [0.05, 0.1) is 6.61 Å². The molecule has 4 nitrogen and oxygen atoms in total. The van der Waals surface area contributed by atoms with E-state index in [2.05, 4.69) is 21.8 Å². The third-order valence-electron chi connectivity index (χ3n) is 4.14. The molecule has 0 spiro atoms. The van der Waals surface area contributed by atoms with Gasteiger partial charge in [-0.3, -0.25) is 0 Å². The van der Waals surface area contributed by atoms with Crippen molar-refractivity contribution in [1.29, 1.82) is 0 Å². The monoisotopic (exact) mass is 219 g/mol. The molecule has 0 aromatic carbocycles. The zero-order chi connectivity index (χ0) is 11.3. The summed E-state index contributed by atoms with van der Waals surface area (Å²) in [6.07, 6.45) is 1.74. The molecule has 86 valence electrons. The van der Waals surface area contributed by atoms with Crippen molar-refractivity contribution in [2.24, 2.45) is 17.8 Å². The number of aryl methyl sites for hydroxylation is 1. The van der Waals surface area contributed by atoms with Gasteiger partial charge < -0.3 is 10.0 Å². The number of aromatic nitrogens is 2. The Morgan fingerprint density at radius 3 is 2.69 bits per heavy atom. The van der Waals surface area contributed by atoms with Crippen molar-refractivity contribution in [1.82, 2.24) is 9.97 Å². The van der Waals surface area contributed by atoms with E-state index in [-0.39, 0.29) is 6.61 Å². The molecular formula is C12H17N3O. The predicted octanol–water partition coefficient (Wildman–Crippen LogP) is 0.979. The van der Waals surface area contributed by atoms with E-state index >= 15 is 0 Å². The molecule has 0 amide bonds. The van der Waals surface area contributed by atoms with Gasteiger partial charge >= 0.3 is 0 Å². The maximum absolute atomic E-state index is 9.06. The summed E-state index contributed by atoms with van der Waals surface area (Å²) in [5.41, 5.74) is 1.71. The maximum atomic E-state index is 9.06. The normalized spacial score (nSPS) is 31.7. The summed E-state index contributed by atoms with van der Waals surface area (Å²) in [6, 6.07) is 0. The first-order valence-electron chi connectivity index (χ1n) is 5.89. The fourth-order valence-electron chi connectivity index (χ4n) is 2.77. The first-order valence-corrected chi connectivity index (χ1v) is 5.89. The smallest absolute Gasteiger partial charge is 0.225 e. The highest BCUT2D eigenvalue weighted by Crippen LogP contribution is 2.51. The van der Waals surface area contributed by atoms with Crippen molar-refractivity contribution in [2.45, 2.75) is 20.5 Å². The number of hydrogen-bond donors (Lipinski definition) is 1. The molecule has 0 unspecified atom stereocenters. The molecule has 1 aromatic heterocycles. The van der Waals surface area contributed by atoms with Gasteiger partial charge in [0.2, 0.25) is 5.95 Å². The van der Waals surface area contributed by atoms with Crippen LogP contribution in [0.25, 0.3) is 0 Å². The van der Waals surface area contributed by atoms with Crippen LogP contribution in [-0.2, 0) is 6.61 Å². The van der Waals surface area contributed by atoms with Gasteiger partial charge in [-0.2, -0.15) is 0 Å². The van der Waals surface area contributed by atoms with E-state index in [4.69, 9.17) is 5.11 Å². The van der Waals surface area contributed by atoms with Crippen molar-refractivity contribution in [2.75, 3.05) is 18.0 Å². The number of nitrogens with zero attached hydrogens (tertiary/aromatic N) is 3. The summed E-state index contributed by atoms with van der Waals surface area (Å²) >= 11 is 0. The molecule has 1 aliphatic carbocycles. The highest BCUT2D eigenvalue weighted by molar-refractivity contribution is 5.37. The third-order valence-corrected chi connectivity index (χ3v) is 4.14. The zero-order valence-electron chi connectivity index (χ0n) is 9.72. The average molecular weight is 219 g/mol. The number of piperidine rings is 1. The topological polar surface area (TPSA) is 49.2 Å². The first-order chi connectivity index (χ1) is 7.70. The van der Waals surface area contributed by atoms with Crippen LogP contribution in [-0.4, -0.2) is 28.2 Å². The van der Waals surface area contributed by atoms with Crippen molar-refractivity contribution in [3.8, 4) is 0 Å². The molecule has 1 saturated carbocycles. The van der Waals surface area contributed by atoms with Gasteiger partial charge in [0.15, 0.2) is 0 Å². The Morgan fingerprint density at radius 2 is 2.12 bits per heavy atom. The Labute approximate surface area is 95.3 Å². The van der Waals surface area contributed by atoms with Gasteiger partial charge in [-0.25, -0.2) is 9.97 Å². The summed E-state index contributed by atoms with van der Waals surface area (Å²) in [5.74, 6) is 3.45. The number of anilines is 1. The highest BCUT2D eigenvalue weighted by atomic mass is 16.3. The van der Waals surface area contributed by atoms with Crippen molar-refractivity contribution < 1.29 is 5.11 Å². The molecule has 3 atom stereocenters. The van der Waals surface area contributed by atoms with E-state index in [0.717, 1.165) is 48.0 Å². The maximum Gasteiger partial charge on any atom is 0.225 e. The largest absolute Gasteiger partial charge is 0.392 e. The van der Waals surface area contributed by atoms with Crippen LogP contribution < -0.4 is 4.90 Å².